The van der Waals surface area contributed by atoms with Gasteiger partial charge in [-0.15, -0.1) is 0 Å². The van der Waals surface area contributed by atoms with Gasteiger partial charge in [-0.05, 0) is 71.8 Å². The molecule has 1 fully saturated rings. The Balaban J connectivity index is 1.53. The van der Waals surface area contributed by atoms with Crippen LogP contribution < -0.4 is 5.32 Å². The molecule has 2 aromatic carbocycles. The van der Waals surface area contributed by atoms with Gasteiger partial charge in [0.2, 0.25) is 5.91 Å². The molecule has 0 radical (unpaired) electrons. The molecule has 2 amide bonds. The molecule has 7 heteroatoms. The molecular formula is C21H23FIN3O2. The van der Waals surface area contributed by atoms with Gasteiger partial charge in [-0.2, -0.15) is 0 Å². The molecule has 1 heterocycles. The highest BCUT2D eigenvalue weighted by Crippen LogP contribution is 2.19. The van der Waals surface area contributed by atoms with E-state index >= 15 is 0 Å². The predicted molar refractivity (Wildman–Crippen MR) is 116 cm³/mol. The lowest BCUT2D eigenvalue weighted by Crippen LogP contribution is -2.50. The minimum Gasteiger partial charge on any atom is -0.336 e. The summed E-state index contributed by atoms with van der Waals surface area (Å²) in [7, 11) is 0. The topological polar surface area (TPSA) is 52.7 Å². The number of anilines is 1. The summed E-state index contributed by atoms with van der Waals surface area (Å²) in [6, 6.07) is 10.1. The van der Waals surface area contributed by atoms with E-state index in [4.69, 9.17) is 0 Å². The Morgan fingerprint density at radius 2 is 1.82 bits per heavy atom. The van der Waals surface area contributed by atoms with E-state index in [2.05, 4.69) is 5.32 Å². The number of piperazine rings is 1. The summed E-state index contributed by atoms with van der Waals surface area (Å²) in [4.78, 5) is 28.9. The van der Waals surface area contributed by atoms with Crippen LogP contribution in [0.3, 0.4) is 0 Å². The van der Waals surface area contributed by atoms with E-state index in [1.54, 1.807) is 4.90 Å². The molecule has 28 heavy (non-hydrogen) atoms. The highest BCUT2D eigenvalue weighted by Gasteiger charge is 2.24. The van der Waals surface area contributed by atoms with Gasteiger partial charge in [0.1, 0.15) is 5.82 Å². The maximum atomic E-state index is 13.3. The third-order valence-corrected chi connectivity index (χ3v) is 5.96. The Bertz CT molecular complexity index is 895. The number of carbonyl (C=O) groups is 2. The van der Waals surface area contributed by atoms with E-state index < -0.39 is 0 Å². The lowest BCUT2D eigenvalue weighted by molar-refractivity contribution is -0.117. The lowest BCUT2D eigenvalue weighted by Gasteiger charge is -2.34. The van der Waals surface area contributed by atoms with Gasteiger partial charge in [0.25, 0.3) is 5.91 Å². The van der Waals surface area contributed by atoms with Crippen LogP contribution in [0.4, 0.5) is 10.1 Å². The van der Waals surface area contributed by atoms with Crippen molar-refractivity contribution in [2.45, 2.75) is 13.8 Å². The molecule has 0 spiro atoms. The Morgan fingerprint density at radius 3 is 2.50 bits per heavy atom. The van der Waals surface area contributed by atoms with Gasteiger partial charge in [-0.1, -0.05) is 12.1 Å². The quantitative estimate of drug-likeness (QED) is 0.662. The zero-order chi connectivity index (χ0) is 20.3. The molecule has 3 rings (SSSR count). The first-order valence-electron chi connectivity index (χ1n) is 9.18. The van der Waals surface area contributed by atoms with Gasteiger partial charge in [0.15, 0.2) is 0 Å². The second-order valence-electron chi connectivity index (χ2n) is 6.99. The van der Waals surface area contributed by atoms with Gasteiger partial charge in [0, 0.05) is 35.4 Å². The maximum absolute atomic E-state index is 13.3. The molecule has 0 saturated carbocycles. The van der Waals surface area contributed by atoms with Gasteiger partial charge < -0.3 is 10.2 Å². The number of aryl methyl sites for hydroxylation is 1. The van der Waals surface area contributed by atoms with E-state index in [1.165, 1.54) is 18.2 Å². The maximum Gasteiger partial charge on any atom is 0.255 e. The first-order chi connectivity index (χ1) is 13.3. The van der Waals surface area contributed by atoms with E-state index in [-0.39, 0.29) is 17.6 Å². The smallest absolute Gasteiger partial charge is 0.255 e. The first kappa shape index (κ1) is 20.7. The molecule has 0 bridgehead atoms. The van der Waals surface area contributed by atoms with Crippen molar-refractivity contribution < 1.29 is 14.0 Å². The molecule has 0 aliphatic carbocycles. The Kier molecular flexibility index (Phi) is 6.66. The zero-order valence-corrected chi connectivity index (χ0v) is 18.1. The summed E-state index contributed by atoms with van der Waals surface area (Å²) in [5.41, 5.74) is 3.56. The summed E-state index contributed by atoms with van der Waals surface area (Å²) in [6.45, 7) is 6.65. The molecule has 0 atom stereocenters. The lowest BCUT2D eigenvalue weighted by atomic mass is 10.1. The van der Waals surface area contributed by atoms with Gasteiger partial charge >= 0.3 is 0 Å². The molecule has 2 aromatic rings. The minimum atomic E-state index is -0.347. The van der Waals surface area contributed by atoms with Crippen molar-refractivity contribution in [3.8, 4) is 0 Å². The highest BCUT2D eigenvalue weighted by atomic mass is 127. The number of nitrogens with zero attached hydrogens (tertiary/aromatic N) is 2. The van der Waals surface area contributed by atoms with Crippen LogP contribution in [0, 0.1) is 23.2 Å². The number of halogens is 2. The van der Waals surface area contributed by atoms with Crippen molar-refractivity contribution in [3.05, 3.63) is 62.5 Å². The molecule has 1 saturated heterocycles. The summed E-state index contributed by atoms with van der Waals surface area (Å²) >= 11 is 1.98. The van der Waals surface area contributed by atoms with Crippen LogP contribution in [0.25, 0.3) is 0 Å². The van der Waals surface area contributed by atoms with Crippen LogP contribution in [0.1, 0.15) is 21.5 Å². The normalized spacial score (nSPS) is 14.8. The Hall–Kier alpha value is -2.00. The fourth-order valence-corrected chi connectivity index (χ4v) is 3.93. The fourth-order valence-electron chi connectivity index (χ4n) is 3.22. The minimum absolute atomic E-state index is 0.0541. The fraction of sp³-hybridized carbons (Fsp3) is 0.333. The standard InChI is InChI=1S/C21H23FIN3O2/c1-14-4-3-5-19(15(14)2)24-20(27)13-25-8-10-26(11-9-25)21(28)17-7-6-16(22)12-18(17)23/h3-7,12H,8-11,13H2,1-2H3,(H,24,27). The molecule has 1 aliphatic heterocycles. The number of carbonyl (C=O) groups excluding carboxylic acids is 2. The van der Waals surface area contributed by atoms with Crippen LogP contribution >= 0.6 is 22.6 Å². The molecule has 0 aromatic heterocycles. The second kappa shape index (κ2) is 9.00. The van der Waals surface area contributed by atoms with Gasteiger partial charge in [-0.25, -0.2) is 4.39 Å². The predicted octanol–water partition coefficient (Wildman–Crippen LogP) is 3.44. The van der Waals surface area contributed by atoms with Crippen molar-refractivity contribution in [1.29, 1.82) is 0 Å². The summed E-state index contributed by atoms with van der Waals surface area (Å²) < 4.78 is 13.9. The third kappa shape index (κ3) is 4.88. The van der Waals surface area contributed by atoms with Crippen LogP contribution in [0.5, 0.6) is 0 Å². The largest absolute Gasteiger partial charge is 0.336 e. The second-order valence-corrected chi connectivity index (χ2v) is 8.15. The first-order valence-corrected chi connectivity index (χ1v) is 10.3. The molecule has 148 valence electrons. The monoisotopic (exact) mass is 495 g/mol. The van der Waals surface area contributed by atoms with Crippen LogP contribution in [0.2, 0.25) is 0 Å². The molecule has 0 unspecified atom stereocenters. The summed E-state index contributed by atoms with van der Waals surface area (Å²) in [6.07, 6.45) is 0. The molecule has 1 aliphatic rings. The van der Waals surface area contributed by atoms with E-state index in [1.807, 2.05) is 59.5 Å². The van der Waals surface area contributed by atoms with E-state index in [9.17, 15) is 14.0 Å². The Labute approximate surface area is 178 Å². The average Bonchev–Trinajstić information content (AvgIpc) is 2.65. The number of amides is 2. The number of rotatable bonds is 4. The van der Waals surface area contributed by atoms with Crippen molar-refractivity contribution in [2.24, 2.45) is 0 Å². The SMILES string of the molecule is Cc1cccc(NC(=O)CN2CCN(C(=O)c3ccc(F)cc3I)CC2)c1C. The summed E-state index contributed by atoms with van der Waals surface area (Å²) in [5.74, 6) is -0.494. The van der Waals surface area contributed by atoms with E-state index in [0.29, 0.717) is 41.9 Å². The van der Waals surface area contributed by atoms with Crippen molar-refractivity contribution in [2.75, 3.05) is 38.0 Å². The number of hydrogen-bond donors (Lipinski definition) is 1. The van der Waals surface area contributed by atoms with E-state index in [0.717, 1.165) is 16.8 Å². The number of nitrogens with one attached hydrogen (secondary N) is 1. The third-order valence-electron chi connectivity index (χ3n) is 5.07. The summed E-state index contributed by atoms with van der Waals surface area (Å²) in [5, 5.41) is 2.97. The number of hydrogen-bond acceptors (Lipinski definition) is 3. The number of benzene rings is 2. The van der Waals surface area contributed by atoms with Crippen molar-refractivity contribution in [3.63, 3.8) is 0 Å². The van der Waals surface area contributed by atoms with Gasteiger partial charge in [0.05, 0.1) is 12.1 Å². The van der Waals surface area contributed by atoms with Crippen molar-refractivity contribution >= 4 is 40.1 Å². The average molecular weight is 495 g/mol. The molecular weight excluding hydrogens is 472 g/mol. The Morgan fingerprint density at radius 1 is 1.11 bits per heavy atom. The zero-order valence-electron chi connectivity index (χ0n) is 16.0. The van der Waals surface area contributed by atoms with Gasteiger partial charge in [-0.3, -0.25) is 14.5 Å². The molecule has 1 N–H and O–H groups in total. The van der Waals surface area contributed by atoms with Crippen molar-refractivity contribution in [1.82, 2.24) is 9.80 Å². The van der Waals surface area contributed by atoms with Crippen LogP contribution in [-0.2, 0) is 4.79 Å². The van der Waals surface area contributed by atoms with Crippen LogP contribution in [-0.4, -0.2) is 54.3 Å². The highest BCUT2D eigenvalue weighted by molar-refractivity contribution is 14.1. The molecule has 5 nitrogen and oxygen atoms in total. The van der Waals surface area contributed by atoms with Crippen LogP contribution in [0.15, 0.2) is 36.4 Å².